The Balaban J connectivity index is 2.40. The second-order valence-electron chi connectivity index (χ2n) is 4.02. The molecule has 4 heteroatoms. The molecule has 0 saturated carbocycles. The summed E-state index contributed by atoms with van der Waals surface area (Å²) in [5.74, 6) is 0. The molecule has 0 radical (unpaired) electrons. The normalized spacial score (nSPS) is 21.6. The van der Waals surface area contributed by atoms with Crippen molar-refractivity contribution in [2.75, 3.05) is 19.3 Å². The lowest BCUT2D eigenvalue weighted by atomic mass is 10.0. The molecule has 0 bridgehead atoms. The molecule has 1 rings (SSSR count). The number of amidine groups is 1. The topological polar surface area (TPSA) is 24.4 Å². The van der Waals surface area contributed by atoms with Gasteiger partial charge in [-0.3, -0.25) is 4.99 Å². The first-order valence-corrected chi connectivity index (χ1v) is 7.76. The van der Waals surface area contributed by atoms with E-state index in [1.165, 1.54) is 12.8 Å². The number of hydrogen-bond donors (Lipinski definition) is 1. The van der Waals surface area contributed by atoms with E-state index in [-0.39, 0.29) is 0 Å². The molecule has 2 nitrogen and oxygen atoms in total. The predicted molar refractivity (Wildman–Crippen MR) is 74.2 cm³/mol. The van der Waals surface area contributed by atoms with Crippen molar-refractivity contribution < 1.29 is 0 Å². The van der Waals surface area contributed by atoms with Gasteiger partial charge in [0.05, 0.1) is 6.54 Å². The van der Waals surface area contributed by atoms with Crippen molar-refractivity contribution in [3.8, 4) is 0 Å². The van der Waals surface area contributed by atoms with Gasteiger partial charge >= 0.3 is 0 Å². The Bertz CT molecular complexity index is 216. The van der Waals surface area contributed by atoms with Gasteiger partial charge < -0.3 is 5.32 Å². The minimum absolute atomic E-state index is 0.384. The number of hydrogen-bond acceptors (Lipinski definition) is 4. The van der Waals surface area contributed by atoms with Crippen molar-refractivity contribution in [1.82, 2.24) is 5.32 Å². The van der Waals surface area contributed by atoms with Crippen molar-refractivity contribution in [2.24, 2.45) is 4.99 Å². The highest BCUT2D eigenvalue weighted by Gasteiger charge is 2.26. The van der Waals surface area contributed by atoms with Crippen molar-refractivity contribution in [2.45, 2.75) is 43.6 Å². The molecule has 1 aliphatic heterocycles. The fourth-order valence-electron chi connectivity index (χ4n) is 1.67. The maximum absolute atomic E-state index is 4.48. The van der Waals surface area contributed by atoms with E-state index in [1.807, 2.05) is 23.5 Å². The first-order chi connectivity index (χ1) is 7.15. The molecule has 1 aliphatic rings. The molecule has 1 heterocycles. The smallest absolute Gasteiger partial charge is 0.156 e. The van der Waals surface area contributed by atoms with E-state index in [0.717, 1.165) is 18.3 Å². The van der Waals surface area contributed by atoms with Crippen LogP contribution < -0.4 is 5.32 Å². The molecule has 1 unspecified atom stereocenters. The van der Waals surface area contributed by atoms with Gasteiger partial charge in [-0.1, -0.05) is 32.5 Å². The van der Waals surface area contributed by atoms with Crippen LogP contribution in [0.4, 0.5) is 0 Å². The summed E-state index contributed by atoms with van der Waals surface area (Å²) in [7, 11) is 0. The third kappa shape index (κ3) is 3.59. The molecule has 1 atom stereocenters. The fraction of sp³-hybridized carbons (Fsp3) is 0.909. The molecule has 0 fully saturated rings. The Hall–Kier alpha value is 0.170. The van der Waals surface area contributed by atoms with Gasteiger partial charge in [0.2, 0.25) is 0 Å². The zero-order chi connectivity index (χ0) is 11.3. The van der Waals surface area contributed by atoms with Crippen LogP contribution in [0.5, 0.6) is 0 Å². The van der Waals surface area contributed by atoms with Crippen molar-refractivity contribution in [3.63, 3.8) is 0 Å². The Labute approximate surface area is 102 Å². The van der Waals surface area contributed by atoms with Crippen LogP contribution >= 0.6 is 23.5 Å². The average Bonchev–Trinajstić information content (AvgIpc) is 2.67. The standard InChI is InChI=1S/C11H22N2S2/c1-5-11(6-2,14-4)8-13-10-12-7-9(3)15-10/h9H,5-8H2,1-4H3,(H,12,13). The van der Waals surface area contributed by atoms with E-state index in [2.05, 4.69) is 37.3 Å². The number of thioether (sulfide) groups is 2. The molecule has 15 heavy (non-hydrogen) atoms. The highest BCUT2D eigenvalue weighted by Crippen LogP contribution is 2.30. The lowest BCUT2D eigenvalue weighted by molar-refractivity contribution is 0.538. The molecule has 0 spiro atoms. The summed E-state index contributed by atoms with van der Waals surface area (Å²) in [5.41, 5.74) is 0. The Morgan fingerprint density at radius 3 is 2.60 bits per heavy atom. The summed E-state index contributed by atoms with van der Waals surface area (Å²) in [5, 5.41) is 5.29. The van der Waals surface area contributed by atoms with Crippen molar-refractivity contribution in [3.05, 3.63) is 0 Å². The Morgan fingerprint density at radius 1 is 1.53 bits per heavy atom. The van der Waals surface area contributed by atoms with Gasteiger partial charge in [0.15, 0.2) is 5.17 Å². The lowest BCUT2D eigenvalue weighted by Crippen LogP contribution is -2.38. The lowest BCUT2D eigenvalue weighted by Gasteiger charge is -2.30. The second kappa shape index (κ2) is 6.04. The van der Waals surface area contributed by atoms with E-state index in [0.29, 0.717) is 10.00 Å². The fourth-order valence-corrected chi connectivity index (χ4v) is 3.30. The first-order valence-electron chi connectivity index (χ1n) is 5.66. The van der Waals surface area contributed by atoms with Gasteiger partial charge in [0.1, 0.15) is 0 Å². The number of rotatable bonds is 5. The Morgan fingerprint density at radius 2 is 2.20 bits per heavy atom. The third-order valence-corrected chi connectivity index (χ3v) is 5.72. The second-order valence-corrected chi connectivity index (χ2v) is 6.72. The maximum atomic E-state index is 4.48. The van der Waals surface area contributed by atoms with Crippen LogP contribution in [0.2, 0.25) is 0 Å². The molecule has 0 saturated heterocycles. The molecular weight excluding hydrogens is 224 g/mol. The molecule has 0 aromatic rings. The molecule has 0 amide bonds. The van der Waals surface area contributed by atoms with Crippen molar-refractivity contribution >= 4 is 28.7 Å². The molecule has 1 N–H and O–H groups in total. The summed E-state index contributed by atoms with van der Waals surface area (Å²) in [6.07, 6.45) is 4.64. The van der Waals surface area contributed by atoms with Crippen LogP contribution in [0.3, 0.4) is 0 Å². The van der Waals surface area contributed by atoms with Gasteiger partial charge in [-0.05, 0) is 19.1 Å². The van der Waals surface area contributed by atoms with Crippen LogP contribution in [0, 0.1) is 0 Å². The van der Waals surface area contributed by atoms with Gasteiger partial charge in [-0.15, -0.1) is 0 Å². The zero-order valence-electron chi connectivity index (χ0n) is 10.2. The van der Waals surface area contributed by atoms with Crippen LogP contribution in [-0.4, -0.2) is 34.5 Å². The van der Waals surface area contributed by atoms with E-state index >= 15 is 0 Å². The molecule has 88 valence electrons. The van der Waals surface area contributed by atoms with Crippen LogP contribution in [0.25, 0.3) is 0 Å². The van der Waals surface area contributed by atoms with Crippen LogP contribution in [0.15, 0.2) is 4.99 Å². The summed E-state index contributed by atoms with van der Waals surface area (Å²) < 4.78 is 0.384. The SMILES string of the molecule is CCC(CC)(CNC1=NCC(C)S1)SC. The third-order valence-electron chi connectivity index (χ3n) is 3.09. The van der Waals surface area contributed by atoms with Crippen LogP contribution in [0.1, 0.15) is 33.6 Å². The number of nitrogens with zero attached hydrogens (tertiary/aromatic N) is 1. The van der Waals surface area contributed by atoms with Crippen LogP contribution in [-0.2, 0) is 0 Å². The molecule has 0 aromatic carbocycles. The number of nitrogens with one attached hydrogen (secondary N) is 1. The molecular formula is C11H22N2S2. The van der Waals surface area contributed by atoms with E-state index in [9.17, 15) is 0 Å². The van der Waals surface area contributed by atoms with Crippen molar-refractivity contribution in [1.29, 1.82) is 0 Å². The minimum Gasteiger partial charge on any atom is -0.364 e. The van der Waals surface area contributed by atoms with Gasteiger partial charge in [-0.2, -0.15) is 11.8 Å². The largest absolute Gasteiger partial charge is 0.364 e. The first kappa shape index (κ1) is 13.2. The quantitative estimate of drug-likeness (QED) is 0.807. The minimum atomic E-state index is 0.384. The monoisotopic (exact) mass is 246 g/mol. The van der Waals surface area contributed by atoms with Gasteiger partial charge in [0, 0.05) is 16.5 Å². The van der Waals surface area contributed by atoms with Gasteiger partial charge in [-0.25, -0.2) is 0 Å². The Kier molecular flexibility index (Phi) is 5.33. The number of aliphatic imine (C=N–C) groups is 1. The molecule has 0 aromatic heterocycles. The highest BCUT2D eigenvalue weighted by atomic mass is 32.2. The van der Waals surface area contributed by atoms with Gasteiger partial charge in [0.25, 0.3) is 0 Å². The average molecular weight is 246 g/mol. The summed E-state index contributed by atoms with van der Waals surface area (Å²) >= 11 is 3.84. The maximum Gasteiger partial charge on any atom is 0.156 e. The predicted octanol–water partition coefficient (Wildman–Crippen LogP) is 2.99. The van der Waals surface area contributed by atoms with E-state index in [1.54, 1.807) is 0 Å². The highest BCUT2D eigenvalue weighted by molar-refractivity contribution is 8.14. The zero-order valence-corrected chi connectivity index (χ0v) is 11.8. The summed E-state index contributed by atoms with van der Waals surface area (Å²) in [4.78, 5) is 4.48. The summed E-state index contributed by atoms with van der Waals surface area (Å²) in [6, 6.07) is 0. The van der Waals surface area contributed by atoms with E-state index < -0.39 is 0 Å². The molecule has 0 aliphatic carbocycles. The van der Waals surface area contributed by atoms with E-state index in [4.69, 9.17) is 0 Å². The summed E-state index contributed by atoms with van der Waals surface area (Å²) in [6.45, 7) is 8.78.